The summed E-state index contributed by atoms with van der Waals surface area (Å²) in [7, 11) is 0. The molecule has 2 aromatic carbocycles. The summed E-state index contributed by atoms with van der Waals surface area (Å²) < 4.78 is 0. The Morgan fingerprint density at radius 1 is 0.778 bits per heavy atom. The lowest BCUT2D eigenvalue weighted by Crippen LogP contribution is -2.10. The molecule has 0 aliphatic heterocycles. The van der Waals surface area contributed by atoms with Crippen LogP contribution < -0.4 is 0 Å². The molecule has 2 aromatic rings. The molecule has 0 bridgehead atoms. The average Bonchev–Trinajstić information content (AvgIpc) is 2.72. The Morgan fingerprint density at radius 2 is 1.41 bits per heavy atom. The minimum Gasteiger partial charge on any atom is -0.0945 e. The summed E-state index contributed by atoms with van der Waals surface area (Å²) in [4.78, 5) is 0. The van der Waals surface area contributed by atoms with Gasteiger partial charge in [-0.25, -0.2) is 0 Å². The van der Waals surface area contributed by atoms with Crippen LogP contribution in [0.4, 0.5) is 0 Å². The third-order valence-corrected chi connectivity index (χ3v) is 5.93. The second kappa shape index (κ2) is 10.4. The molecular formula is C27H34. The average molecular weight is 359 g/mol. The van der Waals surface area contributed by atoms with Crippen LogP contribution in [0.2, 0.25) is 0 Å². The fraction of sp³-hybridized carbons (Fsp3) is 0.481. The molecule has 0 heterocycles. The van der Waals surface area contributed by atoms with E-state index in [1.54, 1.807) is 0 Å². The zero-order valence-corrected chi connectivity index (χ0v) is 17.1. The van der Waals surface area contributed by atoms with Gasteiger partial charge in [-0.05, 0) is 73.3 Å². The fourth-order valence-corrected chi connectivity index (χ4v) is 3.96. The topological polar surface area (TPSA) is 0 Å². The first-order valence-electron chi connectivity index (χ1n) is 11.0. The van der Waals surface area contributed by atoms with Gasteiger partial charge in [0, 0.05) is 11.5 Å². The lowest BCUT2D eigenvalue weighted by atomic mass is 9.83. The van der Waals surface area contributed by atoms with Gasteiger partial charge in [0.25, 0.3) is 0 Å². The second-order valence-electron chi connectivity index (χ2n) is 8.31. The molecule has 142 valence electrons. The maximum atomic E-state index is 3.50. The highest BCUT2D eigenvalue weighted by Gasteiger charge is 2.15. The maximum Gasteiger partial charge on any atom is 0.0245 e. The van der Waals surface area contributed by atoms with Gasteiger partial charge in [0.05, 0.1) is 0 Å². The number of rotatable bonds is 6. The molecule has 0 aromatic heterocycles. The first-order chi connectivity index (χ1) is 13.2. The molecule has 0 spiro atoms. The maximum absolute atomic E-state index is 3.50. The second-order valence-corrected chi connectivity index (χ2v) is 8.31. The van der Waals surface area contributed by atoms with Crippen LogP contribution in [0.5, 0.6) is 0 Å². The summed E-state index contributed by atoms with van der Waals surface area (Å²) in [5.41, 5.74) is 5.18. The van der Waals surface area contributed by atoms with Gasteiger partial charge in [0.2, 0.25) is 0 Å². The highest BCUT2D eigenvalue weighted by Crippen LogP contribution is 2.28. The van der Waals surface area contributed by atoms with Gasteiger partial charge in [-0.3, -0.25) is 0 Å². The summed E-state index contributed by atoms with van der Waals surface area (Å²) in [5.74, 6) is 8.40. The van der Waals surface area contributed by atoms with Crippen LogP contribution in [0.15, 0.2) is 48.5 Å². The van der Waals surface area contributed by atoms with Gasteiger partial charge in [0.1, 0.15) is 0 Å². The van der Waals surface area contributed by atoms with Crippen LogP contribution >= 0.6 is 0 Å². The monoisotopic (exact) mass is 358 g/mol. The first-order valence-corrected chi connectivity index (χ1v) is 11.0. The summed E-state index contributed by atoms with van der Waals surface area (Å²) >= 11 is 0. The molecule has 1 fully saturated rings. The quantitative estimate of drug-likeness (QED) is 0.367. The van der Waals surface area contributed by atoms with Crippen molar-refractivity contribution in [2.75, 3.05) is 0 Å². The Hall–Kier alpha value is -2.00. The third kappa shape index (κ3) is 6.28. The Balaban J connectivity index is 1.55. The molecule has 27 heavy (non-hydrogen) atoms. The summed E-state index contributed by atoms with van der Waals surface area (Å²) in [6.07, 6.45) is 11.7. The zero-order valence-electron chi connectivity index (χ0n) is 17.1. The molecule has 1 aliphatic rings. The molecule has 0 unspecified atom stereocenters. The molecule has 0 radical (unpaired) electrons. The minimum atomic E-state index is 0.603. The highest BCUT2D eigenvalue weighted by molar-refractivity contribution is 5.64. The van der Waals surface area contributed by atoms with Gasteiger partial charge >= 0.3 is 0 Å². The van der Waals surface area contributed by atoms with Crippen molar-refractivity contribution in [3.8, 4) is 23.0 Å². The zero-order chi connectivity index (χ0) is 18.9. The molecule has 0 nitrogen and oxygen atoms in total. The number of unbranched alkanes of at least 4 members (excludes halogenated alkanes) is 3. The van der Waals surface area contributed by atoms with Crippen LogP contribution in [-0.4, -0.2) is 0 Å². The Morgan fingerprint density at radius 3 is 2.04 bits per heavy atom. The van der Waals surface area contributed by atoms with Crippen molar-refractivity contribution in [3.63, 3.8) is 0 Å². The normalized spacial score (nSPS) is 19.3. The number of aryl methyl sites for hydroxylation is 1. The Labute approximate surface area is 166 Å². The summed E-state index contributed by atoms with van der Waals surface area (Å²) in [5, 5.41) is 0. The van der Waals surface area contributed by atoms with E-state index in [-0.39, 0.29) is 0 Å². The summed E-state index contributed by atoms with van der Waals surface area (Å²) in [6.45, 7) is 4.63. The van der Waals surface area contributed by atoms with E-state index in [4.69, 9.17) is 0 Å². The van der Waals surface area contributed by atoms with E-state index in [1.807, 2.05) is 0 Å². The lowest BCUT2D eigenvalue weighted by molar-refractivity contribution is 0.337. The van der Waals surface area contributed by atoms with E-state index in [2.05, 4.69) is 74.2 Å². The van der Waals surface area contributed by atoms with Crippen molar-refractivity contribution in [1.29, 1.82) is 0 Å². The standard InChI is InChI=1S/C27H34/c1-3-4-5-6-7-23-14-18-26(19-15-23)27-20-16-25(17-21-27)13-12-24-10-8-22(2)9-11-24/h14-22,24H,3-11H2,1-2H3/t22-,24-. The van der Waals surface area contributed by atoms with Gasteiger partial charge in [-0.2, -0.15) is 0 Å². The minimum absolute atomic E-state index is 0.603. The molecule has 1 aliphatic carbocycles. The Kier molecular flexibility index (Phi) is 7.58. The van der Waals surface area contributed by atoms with E-state index < -0.39 is 0 Å². The molecule has 0 heteroatoms. The number of benzene rings is 2. The van der Waals surface area contributed by atoms with Crippen molar-refractivity contribution in [2.45, 2.75) is 71.6 Å². The molecule has 0 N–H and O–H groups in total. The van der Waals surface area contributed by atoms with Crippen LogP contribution in [0, 0.1) is 23.7 Å². The lowest BCUT2D eigenvalue weighted by Gasteiger charge is -2.21. The Bertz CT molecular complexity index is 731. The predicted molar refractivity (Wildman–Crippen MR) is 118 cm³/mol. The molecule has 1 saturated carbocycles. The molecule has 0 atom stereocenters. The molecule has 0 saturated heterocycles. The van der Waals surface area contributed by atoms with Gasteiger partial charge in [-0.1, -0.05) is 81.3 Å². The van der Waals surface area contributed by atoms with E-state index in [0.717, 1.165) is 11.5 Å². The van der Waals surface area contributed by atoms with Gasteiger partial charge in [0.15, 0.2) is 0 Å². The van der Waals surface area contributed by atoms with Crippen LogP contribution in [0.3, 0.4) is 0 Å². The smallest absolute Gasteiger partial charge is 0.0245 e. The van der Waals surface area contributed by atoms with Crippen LogP contribution in [-0.2, 0) is 6.42 Å². The highest BCUT2D eigenvalue weighted by atomic mass is 14.2. The number of hydrogen-bond acceptors (Lipinski definition) is 0. The van der Waals surface area contributed by atoms with Gasteiger partial charge in [-0.15, -0.1) is 0 Å². The van der Waals surface area contributed by atoms with Crippen molar-refractivity contribution < 1.29 is 0 Å². The fourth-order valence-electron chi connectivity index (χ4n) is 3.96. The third-order valence-electron chi connectivity index (χ3n) is 5.93. The summed E-state index contributed by atoms with van der Waals surface area (Å²) in [6, 6.07) is 17.9. The van der Waals surface area contributed by atoms with E-state index in [1.165, 1.54) is 74.5 Å². The van der Waals surface area contributed by atoms with E-state index >= 15 is 0 Å². The van der Waals surface area contributed by atoms with Crippen molar-refractivity contribution in [1.82, 2.24) is 0 Å². The largest absolute Gasteiger partial charge is 0.0945 e. The van der Waals surface area contributed by atoms with Gasteiger partial charge < -0.3 is 0 Å². The molecule has 0 amide bonds. The van der Waals surface area contributed by atoms with Crippen molar-refractivity contribution >= 4 is 0 Å². The van der Waals surface area contributed by atoms with Crippen LogP contribution in [0.25, 0.3) is 11.1 Å². The van der Waals surface area contributed by atoms with Crippen molar-refractivity contribution in [3.05, 3.63) is 59.7 Å². The van der Waals surface area contributed by atoms with E-state index in [0.29, 0.717) is 5.92 Å². The van der Waals surface area contributed by atoms with Crippen LogP contribution in [0.1, 0.15) is 76.3 Å². The van der Waals surface area contributed by atoms with Crippen molar-refractivity contribution in [2.24, 2.45) is 11.8 Å². The SMILES string of the molecule is CCCCCCc1ccc(-c2ccc(C#C[C@H]3CC[C@H](C)CC3)cc2)cc1. The van der Waals surface area contributed by atoms with E-state index in [9.17, 15) is 0 Å². The molecular weight excluding hydrogens is 324 g/mol. The number of hydrogen-bond donors (Lipinski definition) is 0. The predicted octanol–water partition coefficient (Wildman–Crippen LogP) is 7.65. The molecule has 3 rings (SSSR count). The first kappa shape index (κ1) is 19.8.